The Balaban J connectivity index is 0.000000344. The summed E-state index contributed by atoms with van der Waals surface area (Å²) < 4.78 is 96.4. The Morgan fingerprint density at radius 1 is 0.589 bits per heavy atom. The van der Waals surface area contributed by atoms with E-state index >= 15 is 0 Å². The van der Waals surface area contributed by atoms with Crippen LogP contribution in [-0.4, -0.2) is 118 Å². The second-order valence-corrected chi connectivity index (χ2v) is 25.2. The molecule has 6 aromatic carbocycles. The molecule has 0 bridgehead atoms. The number of nitrogen functional groups attached to an aromatic ring is 2. The largest absolute Gasteiger partial charge is 0.465 e. The van der Waals surface area contributed by atoms with E-state index in [4.69, 9.17) is 52.7 Å². The summed E-state index contributed by atoms with van der Waals surface area (Å²) in [7, 11) is 0. The van der Waals surface area contributed by atoms with Gasteiger partial charge in [-0.3, -0.25) is 29.6 Å². The number of aliphatic imine (C=N–C) groups is 1. The van der Waals surface area contributed by atoms with Crippen molar-refractivity contribution >= 4 is 70.7 Å². The zero-order chi connectivity index (χ0) is 84.4. The SMILES string of the molecule is CC(C)(C)OC(=O)Cc1ccc(N)cc1.CC=C(C(=O)OCC)C(=O)OCC.CCOC(=O)C1C(=O)NC(c2c(C)cccc2F)=NC1C.CCOC(=O)c1c(C)nc(-c2c(C)cccc2F)[nH]c1=O.CCOC(=O)c1c(C)nc(-c2c(C)cccc2F)nc1Cl.Cc1cccc(F)c1C#N.Cc1cccc(F)c1C(=N)N. The van der Waals surface area contributed by atoms with Gasteiger partial charge in [0.1, 0.15) is 80.1 Å². The van der Waals surface area contributed by atoms with Crippen molar-refractivity contribution in [1.82, 2.24) is 25.3 Å². The second kappa shape index (κ2) is 45.6. The first-order valence-electron chi connectivity index (χ1n) is 34.9. The molecule has 24 nitrogen and oxygen atoms in total. The zero-order valence-electron chi connectivity index (χ0n) is 65.3. The number of nitrogens with zero attached hydrogens (tertiary/aromatic N) is 5. The third-order valence-electron chi connectivity index (χ3n) is 15.2. The van der Waals surface area contributed by atoms with Crippen LogP contribution in [0, 0.1) is 100 Å². The first-order valence-corrected chi connectivity index (χ1v) is 35.3. The molecule has 0 radical (unpaired) electrons. The van der Waals surface area contributed by atoms with E-state index in [9.17, 15) is 60.3 Å². The first kappa shape index (κ1) is 93.9. The fourth-order valence-electron chi connectivity index (χ4n) is 10.1. The Bertz CT molecular complexity index is 4700. The van der Waals surface area contributed by atoms with E-state index < -0.39 is 88.0 Å². The van der Waals surface area contributed by atoms with Crippen molar-refractivity contribution in [2.75, 3.05) is 38.8 Å². The van der Waals surface area contributed by atoms with Crippen LogP contribution in [0.25, 0.3) is 22.8 Å². The molecule has 2 atom stereocenters. The van der Waals surface area contributed by atoms with Crippen LogP contribution >= 0.6 is 11.6 Å². The minimum Gasteiger partial charge on any atom is -0.465 e. The number of esters is 6. The molecule has 7 N–H and O–H groups in total. The van der Waals surface area contributed by atoms with E-state index in [0.717, 1.165) is 5.56 Å². The summed E-state index contributed by atoms with van der Waals surface area (Å²) >= 11 is 6.05. The third kappa shape index (κ3) is 28.3. The number of amides is 1. The zero-order valence-corrected chi connectivity index (χ0v) is 66.1. The van der Waals surface area contributed by atoms with Crippen molar-refractivity contribution < 1.29 is 83.9 Å². The maximum Gasteiger partial charge on any atom is 0.345 e. The predicted octanol–water partition coefficient (Wildman–Crippen LogP) is 14.3. The molecule has 1 amide bonds. The quantitative estimate of drug-likeness (QED) is 0.00573. The molecule has 1 aliphatic heterocycles. The summed E-state index contributed by atoms with van der Waals surface area (Å²) in [6.07, 6.45) is 1.67. The van der Waals surface area contributed by atoms with Crippen LogP contribution in [-0.2, 0) is 58.8 Å². The maximum absolute atomic E-state index is 14.0. The fraction of sp³-hybridized carbons (Fsp3) is 0.317. The van der Waals surface area contributed by atoms with E-state index in [-0.39, 0.29) is 124 Å². The Hall–Kier alpha value is -12.3. The van der Waals surface area contributed by atoms with Crippen molar-refractivity contribution in [3.05, 3.63) is 244 Å². The molecule has 0 fully saturated rings. The monoisotopic (exact) mass is 1570 g/mol. The highest BCUT2D eigenvalue weighted by molar-refractivity contribution is 6.32. The summed E-state index contributed by atoms with van der Waals surface area (Å²) in [6.45, 7) is 30.0. The number of H-pyrrole nitrogens is 1. The molecular weight excluding hydrogens is 1480 g/mol. The van der Waals surface area contributed by atoms with E-state index in [1.54, 1.807) is 169 Å². The van der Waals surface area contributed by atoms with Crippen molar-refractivity contribution in [3.8, 4) is 28.8 Å². The number of nitrogens with one attached hydrogen (secondary N) is 3. The molecule has 112 heavy (non-hydrogen) atoms. The number of benzene rings is 6. The lowest BCUT2D eigenvalue weighted by atomic mass is 9.97. The molecule has 0 spiro atoms. The molecule has 0 saturated carbocycles. The van der Waals surface area contributed by atoms with Gasteiger partial charge in [0.2, 0.25) is 5.91 Å². The lowest BCUT2D eigenvalue weighted by molar-refractivity contribution is -0.154. The van der Waals surface area contributed by atoms with Crippen LogP contribution in [0.1, 0.15) is 151 Å². The van der Waals surface area contributed by atoms with Crippen molar-refractivity contribution in [2.45, 2.75) is 136 Å². The number of carbonyl (C=O) groups excluding carboxylic acids is 7. The van der Waals surface area contributed by atoms with Gasteiger partial charge < -0.3 is 50.2 Å². The Morgan fingerprint density at radius 3 is 1.44 bits per heavy atom. The summed E-state index contributed by atoms with van der Waals surface area (Å²) in [5.41, 5.74) is 16.2. The third-order valence-corrected chi connectivity index (χ3v) is 15.5. The highest BCUT2D eigenvalue weighted by Crippen LogP contribution is 2.29. The minimum absolute atomic E-state index is 0.0430. The van der Waals surface area contributed by atoms with Crippen LogP contribution < -0.4 is 22.3 Å². The number of hydrogen-bond donors (Lipinski definition) is 5. The predicted molar refractivity (Wildman–Crippen MR) is 414 cm³/mol. The fourth-order valence-corrected chi connectivity index (χ4v) is 10.4. The average molecular weight is 1570 g/mol. The smallest absolute Gasteiger partial charge is 0.345 e. The number of anilines is 1. The molecule has 596 valence electrons. The van der Waals surface area contributed by atoms with Gasteiger partial charge in [-0.05, 0) is 194 Å². The lowest BCUT2D eigenvalue weighted by Gasteiger charge is -2.26. The van der Waals surface area contributed by atoms with Crippen molar-refractivity contribution in [3.63, 3.8) is 0 Å². The highest BCUT2D eigenvalue weighted by atomic mass is 35.5. The van der Waals surface area contributed by atoms with Gasteiger partial charge >= 0.3 is 35.8 Å². The van der Waals surface area contributed by atoms with E-state index in [1.807, 2.05) is 32.9 Å². The van der Waals surface area contributed by atoms with Gasteiger partial charge in [0.25, 0.3) is 5.56 Å². The molecule has 30 heteroatoms. The molecule has 9 rings (SSSR count). The van der Waals surface area contributed by atoms with Crippen molar-refractivity contribution in [2.24, 2.45) is 16.6 Å². The van der Waals surface area contributed by atoms with Crippen LogP contribution in [0.2, 0.25) is 5.15 Å². The summed E-state index contributed by atoms with van der Waals surface area (Å²) in [5.74, 6) is -7.01. The van der Waals surface area contributed by atoms with Crippen LogP contribution in [0.5, 0.6) is 0 Å². The Morgan fingerprint density at radius 2 is 1.04 bits per heavy atom. The molecule has 0 aliphatic carbocycles. The van der Waals surface area contributed by atoms with E-state index in [1.165, 1.54) is 43.3 Å². The van der Waals surface area contributed by atoms with Crippen LogP contribution in [0.15, 0.2) is 137 Å². The highest BCUT2D eigenvalue weighted by Gasteiger charge is 2.38. The van der Waals surface area contributed by atoms with Gasteiger partial charge in [0.15, 0.2) is 11.7 Å². The average Bonchev–Trinajstić information content (AvgIpc) is 0.799. The molecule has 0 saturated heterocycles. The van der Waals surface area contributed by atoms with Crippen LogP contribution in [0.3, 0.4) is 0 Å². The van der Waals surface area contributed by atoms with Gasteiger partial charge in [0.05, 0.1) is 84.7 Å². The lowest BCUT2D eigenvalue weighted by Crippen LogP contribution is -2.49. The number of carbonyl (C=O) groups is 7. The summed E-state index contributed by atoms with van der Waals surface area (Å²) in [6, 6.07) is 31.5. The number of amidine groups is 2. The molecule has 2 aromatic heterocycles. The Labute approximate surface area is 651 Å². The number of nitriles is 1. The summed E-state index contributed by atoms with van der Waals surface area (Å²) in [4.78, 5) is 112. The number of halogens is 6. The van der Waals surface area contributed by atoms with E-state index in [0.29, 0.717) is 39.2 Å². The van der Waals surface area contributed by atoms with Gasteiger partial charge in [-0.2, -0.15) is 5.26 Å². The number of hydrogen-bond acceptors (Lipinski definition) is 21. The van der Waals surface area contributed by atoms with Gasteiger partial charge in [-0.15, -0.1) is 0 Å². The van der Waals surface area contributed by atoms with Gasteiger partial charge in [-0.1, -0.05) is 90.5 Å². The number of allylic oxidation sites excluding steroid dienone is 1. The van der Waals surface area contributed by atoms with Gasteiger partial charge in [-0.25, -0.2) is 56.1 Å². The van der Waals surface area contributed by atoms with Crippen LogP contribution in [0.4, 0.5) is 27.6 Å². The number of aryl methyl sites for hydroxylation is 7. The molecule has 3 heterocycles. The normalized spacial score (nSPS) is 12.2. The number of ether oxygens (including phenoxy) is 6. The summed E-state index contributed by atoms with van der Waals surface area (Å²) in [5, 5.41) is 17.9. The molecular formula is C82H92ClF5N10O14. The minimum atomic E-state index is -0.999. The number of nitrogens with two attached hydrogens (primary N) is 2. The molecule has 1 aliphatic rings. The molecule has 2 unspecified atom stereocenters. The standard InChI is InChI=1S/C15H14ClFN2O2.C15H17FN2O3.C15H15FN2O3.C12H17NO2.C9H14O4.C8H9FN2.C8H6FN/c1-4-21-15(20)12-9(3)18-14(19-13(12)16)11-8(2)6-5-7-10(11)17;2*1-4-21-15(20)12-9(3)17-13(18-14(12)19)11-8(2)6-5-7-10(11)16;1-12(2,3)15-11(14)8-9-4-6-10(13)7-5-9;1-4-7(8(10)12-5-2)9(11)13-6-3;1-5-3-2-4-6(9)7(5)8(10)11;1-6-3-2-4-8(9)7(6)5-10/h5-7H,4H2,1-3H3;5-7,9,12H,4H2,1-3H3,(H,17,18,19);5-7H,4H2,1-3H3,(H,17,18,19);4-7H,8,13H2,1-3H3;4H,5-6H2,1-3H3;2-4H,1H3,(H3,10,11);2-4H,1H3. The second-order valence-electron chi connectivity index (χ2n) is 24.9. The number of aromatic nitrogens is 4. The Kier molecular flexibility index (Phi) is 38.2. The first-order chi connectivity index (χ1) is 52.8. The number of aromatic amines is 1. The van der Waals surface area contributed by atoms with Gasteiger partial charge in [0, 0.05) is 5.69 Å². The van der Waals surface area contributed by atoms with Crippen molar-refractivity contribution in [1.29, 1.82) is 10.7 Å². The number of rotatable bonds is 16. The molecule has 8 aromatic rings. The maximum atomic E-state index is 14.0. The van der Waals surface area contributed by atoms with E-state index in [2.05, 4.69) is 39.7 Å². The topological polar surface area (TPSA) is 370 Å².